The number of methoxy groups -OCH3 is 1. The molecule has 0 heterocycles. The minimum absolute atomic E-state index is 0.0567. The first-order chi connectivity index (χ1) is 10.1. The minimum atomic E-state index is -0.490. The molecule has 0 aromatic heterocycles. The van der Waals surface area contributed by atoms with Gasteiger partial charge in [-0.3, -0.25) is 4.79 Å². The lowest BCUT2D eigenvalue weighted by molar-refractivity contribution is 0.0953. The van der Waals surface area contributed by atoms with Crippen LogP contribution < -0.4 is 15.8 Å². The second kappa shape index (κ2) is 6.74. The molecule has 1 amide bonds. The summed E-state index contributed by atoms with van der Waals surface area (Å²) < 4.78 is 18.1. The summed E-state index contributed by atoms with van der Waals surface area (Å²) >= 11 is 0. The van der Waals surface area contributed by atoms with Crippen LogP contribution in [0.4, 0.5) is 10.1 Å². The maximum absolute atomic E-state index is 13.3. The Kier molecular flexibility index (Phi) is 4.77. The van der Waals surface area contributed by atoms with Crippen molar-refractivity contribution in [2.45, 2.75) is 6.42 Å². The number of carbonyl (C=O) groups excluding carboxylic acids is 1. The molecule has 0 radical (unpaired) electrons. The molecule has 2 aromatic carbocycles. The number of carbonyl (C=O) groups is 1. The molecule has 5 heteroatoms. The summed E-state index contributed by atoms with van der Waals surface area (Å²) in [5.74, 6) is -0.694. The van der Waals surface area contributed by atoms with Crippen LogP contribution in [0.5, 0.6) is 5.75 Å². The van der Waals surface area contributed by atoms with Gasteiger partial charge in [-0.15, -0.1) is 0 Å². The Morgan fingerprint density at radius 3 is 2.62 bits per heavy atom. The number of rotatable bonds is 5. The molecule has 2 aromatic rings. The molecule has 0 aliphatic carbocycles. The number of nitrogen functional groups attached to an aromatic ring is 1. The summed E-state index contributed by atoms with van der Waals surface area (Å²) in [5, 5.41) is 2.78. The van der Waals surface area contributed by atoms with E-state index in [-0.39, 0.29) is 11.7 Å². The van der Waals surface area contributed by atoms with Crippen molar-refractivity contribution in [3.63, 3.8) is 0 Å². The number of nitrogens with one attached hydrogen (secondary N) is 1. The van der Waals surface area contributed by atoms with Crippen LogP contribution in [0.2, 0.25) is 0 Å². The zero-order valence-corrected chi connectivity index (χ0v) is 11.7. The zero-order chi connectivity index (χ0) is 15.2. The van der Waals surface area contributed by atoms with Gasteiger partial charge in [-0.05, 0) is 42.3 Å². The van der Waals surface area contributed by atoms with Crippen LogP contribution in [0, 0.1) is 5.82 Å². The van der Waals surface area contributed by atoms with Crippen LogP contribution in [0.15, 0.2) is 42.5 Å². The molecule has 3 N–H and O–H groups in total. The lowest BCUT2D eigenvalue weighted by Gasteiger charge is -2.07. The molecular weight excluding hydrogens is 271 g/mol. The average molecular weight is 288 g/mol. The summed E-state index contributed by atoms with van der Waals surface area (Å²) in [7, 11) is 1.36. The quantitative estimate of drug-likeness (QED) is 0.830. The first-order valence-electron chi connectivity index (χ1n) is 6.56. The molecule has 21 heavy (non-hydrogen) atoms. The second-order valence-corrected chi connectivity index (χ2v) is 4.60. The molecule has 0 aliphatic heterocycles. The molecule has 0 saturated carbocycles. The van der Waals surface area contributed by atoms with Gasteiger partial charge in [-0.1, -0.05) is 12.1 Å². The molecule has 0 aliphatic rings. The van der Waals surface area contributed by atoms with E-state index >= 15 is 0 Å². The van der Waals surface area contributed by atoms with Gasteiger partial charge in [0.25, 0.3) is 5.91 Å². The van der Waals surface area contributed by atoms with Gasteiger partial charge in [0.05, 0.1) is 7.11 Å². The summed E-state index contributed by atoms with van der Waals surface area (Å²) in [4.78, 5) is 12.0. The van der Waals surface area contributed by atoms with Crippen molar-refractivity contribution in [3.8, 4) is 5.75 Å². The van der Waals surface area contributed by atoms with Crippen molar-refractivity contribution in [2.24, 2.45) is 0 Å². The fourth-order valence-electron chi connectivity index (χ4n) is 1.91. The highest BCUT2D eigenvalue weighted by Crippen LogP contribution is 2.18. The fraction of sp³-hybridized carbons (Fsp3) is 0.188. The molecular formula is C16H17FN2O2. The van der Waals surface area contributed by atoms with Crippen LogP contribution in [0.1, 0.15) is 15.9 Å². The Hall–Kier alpha value is -2.56. The number of nitrogens with two attached hydrogens (primary N) is 1. The smallest absolute Gasteiger partial charge is 0.251 e. The summed E-state index contributed by atoms with van der Waals surface area (Å²) in [6.45, 7) is 0.489. The second-order valence-electron chi connectivity index (χ2n) is 4.60. The van der Waals surface area contributed by atoms with Crippen LogP contribution in [-0.4, -0.2) is 19.6 Å². The predicted octanol–water partition coefficient (Wildman–Crippen LogP) is 2.39. The van der Waals surface area contributed by atoms with E-state index < -0.39 is 5.82 Å². The molecule has 0 saturated heterocycles. The molecule has 0 atom stereocenters. The van der Waals surface area contributed by atoms with Gasteiger partial charge < -0.3 is 15.8 Å². The summed E-state index contributed by atoms with van der Waals surface area (Å²) in [5.41, 5.74) is 7.77. The van der Waals surface area contributed by atoms with Gasteiger partial charge in [0.2, 0.25) is 0 Å². The Morgan fingerprint density at radius 1 is 1.24 bits per heavy atom. The molecule has 110 valence electrons. The highest BCUT2D eigenvalue weighted by molar-refractivity contribution is 5.94. The van der Waals surface area contributed by atoms with Crippen molar-refractivity contribution in [1.82, 2.24) is 5.32 Å². The normalized spacial score (nSPS) is 10.2. The molecule has 0 spiro atoms. The van der Waals surface area contributed by atoms with Gasteiger partial charge in [0.15, 0.2) is 11.6 Å². The van der Waals surface area contributed by atoms with E-state index in [0.717, 1.165) is 5.56 Å². The molecule has 0 unspecified atom stereocenters. The fourth-order valence-corrected chi connectivity index (χ4v) is 1.91. The number of hydrogen-bond donors (Lipinski definition) is 2. The minimum Gasteiger partial charge on any atom is -0.494 e. The number of benzene rings is 2. The van der Waals surface area contributed by atoms with Crippen molar-refractivity contribution < 1.29 is 13.9 Å². The molecule has 0 fully saturated rings. The number of anilines is 1. The van der Waals surface area contributed by atoms with Gasteiger partial charge in [-0.25, -0.2) is 4.39 Å². The maximum Gasteiger partial charge on any atom is 0.251 e. The van der Waals surface area contributed by atoms with Crippen molar-refractivity contribution in [3.05, 3.63) is 59.4 Å². The Balaban J connectivity index is 1.91. The monoisotopic (exact) mass is 288 g/mol. The van der Waals surface area contributed by atoms with Gasteiger partial charge >= 0.3 is 0 Å². The van der Waals surface area contributed by atoms with Crippen LogP contribution in [0.3, 0.4) is 0 Å². The van der Waals surface area contributed by atoms with Gasteiger partial charge in [-0.2, -0.15) is 0 Å². The lowest BCUT2D eigenvalue weighted by atomic mass is 10.1. The third-order valence-electron chi connectivity index (χ3n) is 3.09. The van der Waals surface area contributed by atoms with Crippen LogP contribution >= 0.6 is 0 Å². The molecule has 0 bridgehead atoms. The third-order valence-corrected chi connectivity index (χ3v) is 3.09. The zero-order valence-electron chi connectivity index (χ0n) is 11.7. The van der Waals surface area contributed by atoms with Crippen molar-refractivity contribution >= 4 is 11.6 Å². The van der Waals surface area contributed by atoms with E-state index in [2.05, 4.69) is 5.32 Å². The number of hydrogen-bond acceptors (Lipinski definition) is 3. The first-order valence-corrected chi connectivity index (χ1v) is 6.56. The van der Waals surface area contributed by atoms with Crippen LogP contribution in [0.25, 0.3) is 0 Å². The maximum atomic E-state index is 13.3. The van der Waals surface area contributed by atoms with Gasteiger partial charge in [0, 0.05) is 17.8 Å². The van der Waals surface area contributed by atoms with Crippen molar-refractivity contribution in [1.29, 1.82) is 0 Å². The van der Waals surface area contributed by atoms with E-state index in [1.807, 2.05) is 24.3 Å². The standard InChI is InChI=1S/C16H17FN2O2/c1-21-15-10-12(4-7-14(15)17)16(20)19-9-8-11-2-5-13(18)6-3-11/h2-7,10H,8-9,18H2,1H3,(H,19,20). The highest BCUT2D eigenvalue weighted by atomic mass is 19.1. The highest BCUT2D eigenvalue weighted by Gasteiger charge is 2.09. The van der Waals surface area contributed by atoms with Crippen LogP contribution in [-0.2, 0) is 6.42 Å². The van der Waals surface area contributed by atoms with Crippen molar-refractivity contribution in [2.75, 3.05) is 19.4 Å². The number of amides is 1. The molecule has 4 nitrogen and oxygen atoms in total. The van der Waals surface area contributed by atoms with E-state index in [1.165, 1.54) is 25.3 Å². The average Bonchev–Trinajstić information content (AvgIpc) is 2.49. The SMILES string of the molecule is COc1cc(C(=O)NCCc2ccc(N)cc2)ccc1F. The Labute approximate surface area is 122 Å². The van der Waals surface area contributed by atoms with E-state index in [0.29, 0.717) is 24.2 Å². The number of halogens is 1. The van der Waals surface area contributed by atoms with E-state index in [4.69, 9.17) is 10.5 Å². The Morgan fingerprint density at radius 2 is 1.95 bits per heavy atom. The topological polar surface area (TPSA) is 64.3 Å². The first kappa shape index (κ1) is 14.8. The lowest BCUT2D eigenvalue weighted by Crippen LogP contribution is -2.25. The predicted molar refractivity (Wildman–Crippen MR) is 79.8 cm³/mol. The summed E-state index contributed by atoms with van der Waals surface area (Å²) in [6.07, 6.45) is 0.699. The Bertz CT molecular complexity index is 627. The molecule has 2 rings (SSSR count). The van der Waals surface area contributed by atoms with Gasteiger partial charge in [0.1, 0.15) is 0 Å². The summed E-state index contributed by atoms with van der Waals surface area (Å²) in [6, 6.07) is 11.5. The number of ether oxygens (including phenoxy) is 1. The van der Waals surface area contributed by atoms with E-state index in [9.17, 15) is 9.18 Å². The largest absolute Gasteiger partial charge is 0.494 e. The third kappa shape index (κ3) is 3.95. The van der Waals surface area contributed by atoms with E-state index in [1.54, 1.807) is 0 Å².